The number of anilines is 2. The molecule has 0 amide bonds. The van der Waals surface area contributed by atoms with E-state index < -0.39 is 11.7 Å². The molecule has 1 N–H and O–H groups in total. The number of aromatic nitrogens is 2. The highest BCUT2D eigenvalue weighted by atomic mass is 32.1. The molecular formula is C25H18F3N3S. The fourth-order valence-corrected chi connectivity index (χ4v) is 4.70. The van der Waals surface area contributed by atoms with Gasteiger partial charge in [-0.1, -0.05) is 60.7 Å². The lowest BCUT2D eigenvalue weighted by molar-refractivity contribution is -0.136. The molecule has 0 fully saturated rings. The van der Waals surface area contributed by atoms with Crippen molar-refractivity contribution in [3.63, 3.8) is 0 Å². The van der Waals surface area contributed by atoms with Gasteiger partial charge in [-0.05, 0) is 23.8 Å². The van der Waals surface area contributed by atoms with Crippen LogP contribution in [0.2, 0.25) is 0 Å². The standard InChI is InChI=1S/C25H18F3N3S/c1-31-21-14-8-5-11-17(21)22(23(31)16-9-3-2-4-10-16)20-15-32-24(30-20)29-19-13-7-6-12-18(19)25(26,27)28/h2-15H,1H3,(H,29,30). The Hall–Kier alpha value is -3.58. The summed E-state index contributed by atoms with van der Waals surface area (Å²) < 4.78 is 42.3. The number of nitrogens with one attached hydrogen (secondary N) is 1. The predicted octanol–water partition coefficient (Wildman–Crippen LogP) is 7.73. The number of aryl methyl sites for hydroxylation is 1. The summed E-state index contributed by atoms with van der Waals surface area (Å²) in [5.74, 6) is 0. The Kier molecular flexibility index (Phi) is 4.98. The molecule has 32 heavy (non-hydrogen) atoms. The normalized spacial score (nSPS) is 11.8. The van der Waals surface area contributed by atoms with Gasteiger partial charge >= 0.3 is 6.18 Å². The quantitative estimate of drug-likeness (QED) is 0.304. The van der Waals surface area contributed by atoms with Crippen molar-refractivity contribution < 1.29 is 13.2 Å². The molecule has 7 heteroatoms. The van der Waals surface area contributed by atoms with Crippen LogP contribution >= 0.6 is 11.3 Å². The summed E-state index contributed by atoms with van der Waals surface area (Å²) in [6, 6.07) is 23.5. The number of benzene rings is 3. The lowest BCUT2D eigenvalue weighted by Gasteiger charge is -2.12. The lowest BCUT2D eigenvalue weighted by atomic mass is 10.0. The van der Waals surface area contributed by atoms with E-state index in [0.29, 0.717) is 5.13 Å². The number of para-hydroxylation sites is 2. The lowest BCUT2D eigenvalue weighted by Crippen LogP contribution is -2.08. The summed E-state index contributed by atoms with van der Waals surface area (Å²) in [5, 5.41) is 6.19. The van der Waals surface area contributed by atoms with Gasteiger partial charge in [0.15, 0.2) is 5.13 Å². The van der Waals surface area contributed by atoms with E-state index in [-0.39, 0.29) is 5.69 Å². The minimum Gasteiger partial charge on any atom is -0.343 e. The number of hydrogen-bond donors (Lipinski definition) is 1. The number of fused-ring (bicyclic) bond motifs is 1. The van der Waals surface area contributed by atoms with Crippen LogP contribution in [-0.4, -0.2) is 9.55 Å². The van der Waals surface area contributed by atoms with Gasteiger partial charge in [0.1, 0.15) is 0 Å². The van der Waals surface area contributed by atoms with Crippen molar-refractivity contribution in [2.45, 2.75) is 6.18 Å². The van der Waals surface area contributed by atoms with Crippen molar-refractivity contribution in [1.29, 1.82) is 0 Å². The Bertz CT molecular complexity index is 1400. The molecule has 0 aliphatic carbocycles. The van der Waals surface area contributed by atoms with Gasteiger partial charge in [0.05, 0.1) is 22.6 Å². The summed E-state index contributed by atoms with van der Waals surface area (Å²) in [7, 11) is 2.01. The minimum absolute atomic E-state index is 0.0119. The summed E-state index contributed by atoms with van der Waals surface area (Å²) >= 11 is 1.28. The van der Waals surface area contributed by atoms with Crippen LogP contribution in [0.4, 0.5) is 24.0 Å². The molecule has 3 nitrogen and oxygen atoms in total. The topological polar surface area (TPSA) is 29.9 Å². The monoisotopic (exact) mass is 449 g/mol. The molecule has 0 atom stereocenters. The number of nitrogens with zero attached hydrogens (tertiary/aromatic N) is 2. The molecule has 160 valence electrons. The van der Waals surface area contributed by atoms with E-state index in [1.807, 2.05) is 61.0 Å². The second kappa shape index (κ2) is 7.84. The van der Waals surface area contributed by atoms with E-state index in [2.05, 4.69) is 20.9 Å². The first-order valence-corrected chi connectivity index (χ1v) is 10.8. The maximum Gasteiger partial charge on any atom is 0.418 e. The van der Waals surface area contributed by atoms with E-state index in [4.69, 9.17) is 0 Å². The summed E-state index contributed by atoms with van der Waals surface area (Å²) in [6.07, 6.45) is -4.44. The molecule has 0 spiro atoms. The first kappa shape index (κ1) is 20.3. The third-order valence-electron chi connectivity index (χ3n) is 5.39. The maximum absolute atomic E-state index is 13.4. The molecule has 0 radical (unpaired) electrons. The van der Waals surface area contributed by atoms with E-state index in [1.165, 1.54) is 23.5 Å². The van der Waals surface area contributed by atoms with Crippen molar-refractivity contribution in [3.8, 4) is 22.5 Å². The van der Waals surface area contributed by atoms with Gasteiger partial charge in [-0.2, -0.15) is 13.2 Å². The van der Waals surface area contributed by atoms with Crippen molar-refractivity contribution in [1.82, 2.24) is 9.55 Å². The molecule has 0 aliphatic rings. The molecule has 5 rings (SSSR count). The van der Waals surface area contributed by atoms with E-state index >= 15 is 0 Å². The molecule has 0 saturated carbocycles. The molecule has 0 bridgehead atoms. The Morgan fingerprint density at radius 2 is 1.56 bits per heavy atom. The highest BCUT2D eigenvalue weighted by molar-refractivity contribution is 7.14. The van der Waals surface area contributed by atoms with Crippen LogP contribution in [0, 0.1) is 0 Å². The number of hydrogen-bond acceptors (Lipinski definition) is 3. The van der Waals surface area contributed by atoms with Crippen LogP contribution in [0.5, 0.6) is 0 Å². The first-order chi connectivity index (χ1) is 15.4. The van der Waals surface area contributed by atoms with Crippen LogP contribution in [0.3, 0.4) is 0 Å². The second-order valence-corrected chi connectivity index (χ2v) is 8.23. The van der Waals surface area contributed by atoms with Crippen LogP contribution in [0.1, 0.15) is 5.56 Å². The zero-order valence-electron chi connectivity index (χ0n) is 17.0. The van der Waals surface area contributed by atoms with Crippen molar-refractivity contribution in [2.24, 2.45) is 7.05 Å². The molecule has 3 aromatic carbocycles. The molecule has 5 aromatic rings. The maximum atomic E-state index is 13.4. The third kappa shape index (κ3) is 3.54. The van der Waals surface area contributed by atoms with Crippen molar-refractivity contribution >= 4 is 33.1 Å². The Morgan fingerprint density at radius 3 is 2.34 bits per heavy atom. The van der Waals surface area contributed by atoms with E-state index in [0.717, 1.165) is 39.5 Å². The fraction of sp³-hybridized carbons (Fsp3) is 0.0800. The zero-order chi connectivity index (χ0) is 22.3. The SMILES string of the molecule is Cn1c(-c2ccccc2)c(-c2csc(Nc3ccccc3C(F)(F)F)n2)c2ccccc21. The van der Waals surface area contributed by atoms with E-state index in [9.17, 15) is 13.2 Å². The second-order valence-electron chi connectivity index (χ2n) is 7.37. The van der Waals surface area contributed by atoms with Crippen molar-refractivity contribution in [2.75, 3.05) is 5.32 Å². The summed E-state index contributed by atoms with van der Waals surface area (Å²) in [6.45, 7) is 0. The third-order valence-corrected chi connectivity index (χ3v) is 6.15. The summed E-state index contributed by atoms with van der Waals surface area (Å²) in [5.41, 5.74) is 4.08. The first-order valence-electron chi connectivity index (χ1n) is 9.95. The predicted molar refractivity (Wildman–Crippen MR) is 124 cm³/mol. The van der Waals surface area contributed by atoms with Crippen LogP contribution < -0.4 is 5.32 Å². The van der Waals surface area contributed by atoms with Crippen LogP contribution in [0.15, 0.2) is 84.2 Å². The van der Waals surface area contributed by atoms with Gasteiger partial charge in [-0.3, -0.25) is 0 Å². The molecule has 0 unspecified atom stereocenters. The van der Waals surface area contributed by atoms with Crippen LogP contribution in [-0.2, 0) is 13.2 Å². The number of rotatable bonds is 4. The smallest absolute Gasteiger partial charge is 0.343 e. The van der Waals surface area contributed by atoms with Gasteiger partial charge in [0.2, 0.25) is 0 Å². The zero-order valence-corrected chi connectivity index (χ0v) is 17.8. The fourth-order valence-electron chi connectivity index (χ4n) is 3.99. The largest absolute Gasteiger partial charge is 0.418 e. The average molecular weight is 450 g/mol. The van der Waals surface area contributed by atoms with Crippen LogP contribution in [0.25, 0.3) is 33.4 Å². The Balaban J connectivity index is 1.62. The highest BCUT2D eigenvalue weighted by Crippen LogP contribution is 2.42. The summed E-state index contributed by atoms with van der Waals surface area (Å²) in [4.78, 5) is 4.68. The molecule has 2 aromatic heterocycles. The number of halogens is 3. The molecular weight excluding hydrogens is 431 g/mol. The van der Waals surface area contributed by atoms with E-state index in [1.54, 1.807) is 6.07 Å². The average Bonchev–Trinajstić information content (AvgIpc) is 3.36. The minimum atomic E-state index is -4.44. The van der Waals surface area contributed by atoms with Gasteiger partial charge in [-0.25, -0.2) is 4.98 Å². The van der Waals surface area contributed by atoms with Gasteiger partial charge in [-0.15, -0.1) is 11.3 Å². The number of alkyl halides is 3. The van der Waals surface area contributed by atoms with Crippen molar-refractivity contribution in [3.05, 3.63) is 89.8 Å². The van der Waals surface area contributed by atoms with Gasteiger partial charge < -0.3 is 9.88 Å². The molecule has 2 heterocycles. The van der Waals surface area contributed by atoms with Gasteiger partial charge in [0, 0.05) is 28.9 Å². The highest BCUT2D eigenvalue weighted by Gasteiger charge is 2.33. The Morgan fingerprint density at radius 1 is 0.875 bits per heavy atom. The number of thiazole rings is 1. The van der Waals surface area contributed by atoms with Gasteiger partial charge in [0.25, 0.3) is 0 Å². The molecule has 0 saturated heterocycles. The molecule has 0 aliphatic heterocycles. The Labute approximate surface area is 186 Å².